The Morgan fingerprint density at radius 2 is 1.80 bits per heavy atom. The van der Waals surface area contributed by atoms with Gasteiger partial charge in [-0.05, 0) is 55.1 Å². The fourth-order valence-electron chi connectivity index (χ4n) is 3.99. The molecule has 3 heterocycles. The summed E-state index contributed by atoms with van der Waals surface area (Å²) in [4.78, 5) is 38.5. The molecule has 0 spiro atoms. The summed E-state index contributed by atoms with van der Waals surface area (Å²) in [6.45, 7) is 2.30. The summed E-state index contributed by atoms with van der Waals surface area (Å²) in [5, 5.41) is 2.68. The molecule has 1 aliphatic rings. The number of piperazine rings is 1. The van der Waals surface area contributed by atoms with Gasteiger partial charge in [0, 0.05) is 38.6 Å². The van der Waals surface area contributed by atoms with Crippen LogP contribution in [0, 0.1) is 0 Å². The van der Waals surface area contributed by atoms with Crippen LogP contribution in [0.2, 0.25) is 10.2 Å². The zero-order chi connectivity index (χ0) is 29.6. The van der Waals surface area contributed by atoms with Gasteiger partial charge in [0.2, 0.25) is 11.8 Å². The monoisotopic (exact) mass is 611 g/mol. The minimum Gasteiger partial charge on any atom is -0.437 e. The molecule has 1 saturated heterocycles. The molecule has 1 aliphatic heterocycles. The highest BCUT2D eigenvalue weighted by Gasteiger charge is 2.32. The van der Waals surface area contributed by atoms with E-state index < -0.39 is 23.7 Å². The van der Waals surface area contributed by atoms with Gasteiger partial charge in [-0.1, -0.05) is 23.2 Å². The third kappa shape index (κ3) is 8.29. The maximum Gasteiger partial charge on any atom is 0.416 e. The number of hydrogen-bond acceptors (Lipinski definition) is 7. The lowest BCUT2D eigenvalue weighted by Gasteiger charge is -2.34. The number of aromatic nitrogens is 2. The molecule has 0 radical (unpaired) electrons. The summed E-state index contributed by atoms with van der Waals surface area (Å²) in [5.74, 6) is -1.35. The molecular formula is C27H26Cl2F3N5O4. The van der Waals surface area contributed by atoms with Crippen molar-refractivity contribution in [1.29, 1.82) is 0 Å². The van der Waals surface area contributed by atoms with Gasteiger partial charge < -0.3 is 24.6 Å². The Balaban J connectivity index is 1.51. The second-order valence-corrected chi connectivity index (χ2v) is 10.1. The van der Waals surface area contributed by atoms with Crippen LogP contribution in [-0.2, 0) is 22.3 Å². The lowest BCUT2D eigenvalue weighted by molar-refractivity contribution is -0.138. The van der Waals surface area contributed by atoms with Gasteiger partial charge in [0.25, 0.3) is 5.91 Å². The van der Waals surface area contributed by atoms with Gasteiger partial charge in [0.1, 0.15) is 22.5 Å². The molecule has 2 amide bonds. The van der Waals surface area contributed by atoms with Crippen LogP contribution in [-0.4, -0.2) is 77.5 Å². The number of nitrogens with one attached hydrogen (secondary N) is 1. The molecule has 1 aromatic carbocycles. The van der Waals surface area contributed by atoms with Crippen LogP contribution >= 0.6 is 23.2 Å². The number of benzene rings is 1. The minimum atomic E-state index is -4.59. The first-order chi connectivity index (χ1) is 19.5. The number of amides is 2. The molecule has 0 bridgehead atoms. The summed E-state index contributed by atoms with van der Waals surface area (Å²) in [7, 11) is 1.96. The number of carbonyl (C=O) groups excluding carboxylic acids is 2. The second-order valence-electron chi connectivity index (χ2n) is 9.26. The van der Waals surface area contributed by atoms with Gasteiger partial charge in [-0.15, -0.1) is 0 Å². The highest BCUT2D eigenvalue weighted by Crippen LogP contribution is 2.36. The number of hydrogen-bond donors (Lipinski definition) is 1. The Morgan fingerprint density at radius 3 is 2.49 bits per heavy atom. The first kappa shape index (κ1) is 30.5. The third-order valence-corrected chi connectivity index (χ3v) is 6.75. The van der Waals surface area contributed by atoms with E-state index in [9.17, 15) is 22.8 Å². The second kappa shape index (κ2) is 13.5. The van der Waals surface area contributed by atoms with E-state index in [1.165, 1.54) is 24.5 Å². The summed E-state index contributed by atoms with van der Waals surface area (Å²) < 4.78 is 50.5. The maximum absolute atomic E-state index is 13.4. The molecule has 0 aliphatic carbocycles. The average molecular weight is 612 g/mol. The van der Waals surface area contributed by atoms with E-state index in [4.69, 9.17) is 32.7 Å². The van der Waals surface area contributed by atoms with Crippen LogP contribution in [0.4, 0.5) is 13.2 Å². The predicted molar refractivity (Wildman–Crippen MR) is 145 cm³/mol. The van der Waals surface area contributed by atoms with Gasteiger partial charge in [-0.25, -0.2) is 9.97 Å². The van der Waals surface area contributed by atoms with Crippen molar-refractivity contribution in [3.05, 3.63) is 81.7 Å². The molecule has 4 rings (SSSR count). The van der Waals surface area contributed by atoms with Crippen molar-refractivity contribution in [2.75, 3.05) is 39.8 Å². The molecule has 1 unspecified atom stereocenters. The Kier molecular flexibility index (Phi) is 10.0. The normalized spacial score (nSPS) is 14.9. The molecule has 9 nitrogen and oxygen atoms in total. The topological polar surface area (TPSA) is 96.9 Å². The van der Waals surface area contributed by atoms with Crippen LogP contribution in [0.3, 0.4) is 0 Å². The molecule has 1 fully saturated rings. The van der Waals surface area contributed by atoms with Crippen LogP contribution in [0.5, 0.6) is 11.6 Å². The number of pyridine rings is 2. The van der Waals surface area contributed by atoms with Gasteiger partial charge in [-0.2, -0.15) is 13.2 Å². The van der Waals surface area contributed by atoms with Crippen molar-refractivity contribution in [2.24, 2.45) is 0 Å². The van der Waals surface area contributed by atoms with Crippen molar-refractivity contribution < 1.29 is 32.2 Å². The highest BCUT2D eigenvalue weighted by molar-refractivity contribution is 6.32. The van der Waals surface area contributed by atoms with Crippen molar-refractivity contribution in [3.8, 4) is 11.6 Å². The standard InChI is InChI=1S/C27H26Cl2F3N5O4/c1-36-9-11-37(12-10-36)26(39)21(16-40-15-17-6-8-33-23(29)13-17)35-24(38)19-3-2-7-34-25(19)41-22-5-4-18(14-20(22)28)27(30,31)32/h2-8,13-14,21H,9-12,15-16H2,1H3,(H,35,38). The zero-order valence-corrected chi connectivity index (χ0v) is 23.3. The van der Waals surface area contributed by atoms with E-state index >= 15 is 0 Å². The first-order valence-electron chi connectivity index (χ1n) is 12.5. The molecule has 14 heteroatoms. The molecule has 1 atom stereocenters. The van der Waals surface area contributed by atoms with Crippen LogP contribution < -0.4 is 10.1 Å². The number of carbonyl (C=O) groups is 2. The van der Waals surface area contributed by atoms with E-state index in [0.717, 1.165) is 23.8 Å². The number of rotatable bonds is 9. The van der Waals surface area contributed by atoms with Crippen LogP contribution in [0.1, 0.15) is 21.5 Å². The SMILES string of the molecule is CN1CCN(C(=O)C(COCc2ccnc(Cl)c2)NC(=O)c2cccnc2Oc2ccc(C(F)(F)F)cc2Cl)CC1. The lowest BCUT2D eigenvalue weighted by atomic mass is 10.2. The smallest absolute Gasteiger partial charge is 0.416 e. The Bertz CT molecular complexity index is 1390. The number of likely N-dealkylation sites (N-methyl/N-ethyl adjacent to an activating group) is 1. The Labute approximate surface area is 244 Å². The molecule has 1 N–H and O–H groups in total. The lowest BCUT2D eigenvalue weighted by Crippen LogP contribution is -2.55. The van der Waals surface area contributed by atoms with Gasteiger partial charge in [0.05, 0.1) is 23.8 Å². The van der Waals surface area contributed by atoms with Crippen molar-refractivity contribution in [1.82, 2.24) is 25.1 Å². The third-order valence-electron chi connectivity index (χ3n) is 6.24. The Morgan fingerprint density at radius 1 is 1.05 bits per heavy atom. The van der Waals surface area contributed by atoms with Gasteiger partial charge in [0.15, 0.2) is 0 Å². The fraction of sp³-hybridized carbons (Fsp3) is 0.333. The van der Waals surface area contributed by atoms with Crippen molar-refractivity contribution in [2.45, 2.75) is 18.8 Å². The highest BCUT2D eigenvalue weighted by atomic mass is 35.5. The summed E-state index contributed by atoms with van der Waals surface area (Å²) in [6.07, 6.45) is -1.71. The molecule has 0 saturated carbocycles. The molecule has 218 valence electrons. The van der Waals surface area contributed by atoms with Crippen LogP contribution in [0.15, 0.2) is 54.9 Å². The molecule has 2 aromatic heterocycles. The zero-order valence-electron chi connectivity index (χ0n) is 21.8. The van der Waals surface area contributed by atoms with Crippen molar-refractivity contribution in [3.63, 3.8) is 0 Å². The quantitative estimate of drug-likeness (QED) is 0.351. The number of halogens is 5. The number of nitrogens with zero attached hydrogens (tertiary/aromatic N) is 4. The maximum atomic E-state index is 13.4. The average Bonchev–Trinajstić information content (AvgIpc) is 2.93. The number of ether oxygens (including phenoxy) is 2. The van der Waals surface area contributed by atoms with Crippen molar-refractivity contribution >= 4 is 35.0 Å². The summed E-state index contributed by atoms with van der Waals surface area (Å²) >= 11 is 12.0. The van der Waals surface area contributed by atoms with E-state index in [2.05, 4.69) is 20.2 Å². The largest absolute Gasteiger partial charge is 0.437 e. The molecule has 3 aromatic rings. The number of alkyl halides is 3. The van der Waals surface area contributed by atoms with E-state index in [1.807, 2.05) is 7.05 Å². The van der Waals surface area contributed by atoms with E-state index in [-0.39, 0.29) is 41.3 Å². The predicted octanol–water partition coefficient (Wildman–Crippen LogP) is 4.68. The molecular weight excluding hydrogens is 586 g/mol. The summed E-state index contributed by atoms with van der Waals surface area (Å²) in [6, 6.07) is 7.76. The first-order valence-corrected chi connectivity index (χ1v) is 13.2. The van der Waals surface area contributed by atoms with Gasteiger partial charge >= 0.3 is 6.18 Å². The minimum absolute atomic E-state index is 0.0550. The summed E-state index contributed by atoms with van der Waals surface area (Å²) in [5.41, 5.74) is -0.271. The Hall–Kier alpha value is -3.45. The van der Waals surface area contributed by atoms with E-state index in [0.29, 0.717) is 31.3 Å². The molecule has 41 heavy (non-hydrogen) atoms. The van der Waals surface area contributed by atoms with Gasteiger partial charge in [-0.3, -0.25) is 9.59 Å². The van der Waals surface area contributed by atoms with E-state index in [1.54, 1.807) is 17.0 Å². The fourth-order valence-corrected chi connectivity index (χ4v) is 4.41. The van der Waals surface area contributed by atoms with Crippen LogP contribution in [0.25, 0.3) is 0 Å².